The van der Waals surface area contributed by atoms with Crippen molar-refractivity contribution in [2.24, 2.45) is 0 Å². The molecule has 0 radical (unpaired) electrons. The summed E-state index contributed by atoms with van der Waals surface area (Å²) >= 11 is 0. The average Bonchev–Trinajstić information content (AvgIpc) is 3.00. The predicted molar refractivity (Wildman–Crippen MR) is 101 cm³/mol. The van der Waals surface area contributed by atoms with Crippen LogP contribution in [-0.4, -0.2) is 0 Å². The molecule has 0 unspecified atom stereocenters. The van der Waals surface area contributed by atoms with E-state index in [9.17, 15) is 0 Å². The quantitative estimate of drug-likeness (QED) is 0.335. The Morgan fingerprint density at radius 3 is 2.29 bits per heavy atom. The molecule has 24 heavy (non-hydrogen) atoms. The van der Waals surface area contributed by atoms with Crippen LogP contribution >= 0.6 is 0 Å². The van der Waals surface area contributed by atoms with Crippen LogP contribution in [0.1, 0.15) is 5.56 Å². The van der Waals surface area contributed by atoms with Gasteiger partial charge in [0.1, 0.15) is 11.2 Å². The number of para-hydroxylation sites is 1. The van der Waals surface area contributed by atoms with Gasteiger partial charge >= 0.3 is 0 Å². The van der Waals surface area contributed by atoms with Crippen molar-refractivity contribution in [1.29, 1.82) is 0 Å². The van der Waals surface area contributed by atoms with Crippen LogP contribution in [0.3, 0.4) is 0 Å². The number of fused-ring (bicyclic) bond motifs is 4. The minimum Gasteiger partial charge on any atom is -0.456 e. The molecule has 0 aliphatic carbocycles. The van der Waals surface area contributed by atoms with Crippen molar-refractivity contribution in [2.45, 2.75) is 6.92 Å². The van der Waals surface area contributed by atoms with Crippen LogP contribution in [-0.2, 0) is 0 Å². The van der Waals surface area contributed by atoms with Crippen molar-refractivity contribution in [3.63, 3.8) is 0 Å². The normalized spacial score (nSPS) is 11.5. The molecule has 5 aromatic rings. The van der Waals surface area contributed by atoms with Gasteiger partial charge in [-0.3, -0.25) is 0 Å². The Kier molecular flexibility index (Phi) is 2.77. The zero-order chi connectivity index (χ0) is 16.1. The zero-order valence-electron chi connectivity index (χ0n) is 13.4. The Bertz CT molecular complexity index is 1210. The lowest BCUT2D eigenvalue weighted by Crippen LogP contribution is -1.85. The fourth-order valence-electron chi connectivity index (χ4n) is 3.63. The number of furan rings is 1. The maximum absolute atomic E-state index is 6.04. The fraction of sp³-hybridized carbons (Fsp3) is 0.0435. The minimum absolute atomic E-state index is 0.944. The average molecular weight is 308 g/mol. The van der Waals surface area contributed by atoms with Crippen LogP contribution in [0, 0.1) is 6.92 Å². The Morgan fingerprint density at radius 2 is 1.38 bits per heavy atom. The fourth-order valence-corrected chi connectivity index (χ4v) is 3.63. The molecule has 114 valence electrons. The van der Waals surface area contributed by atoms with Crippen LogP contribution in [0.5, 0.6) is 0 Å². The summed E-state index contributed by atoms with van der Waals surface area (Å²) in [6.07, 6.45) is 0. The molecule has 1 heterocycles. The van der Waals surface area contributed by atoms with E-state index in [1.807, 2.05) is 12.1 Å². The van der Waals surface area contributed by atoms with E-state index < -0.39 is 0 Å². The van der Waals surface area contributed by atoms with Crippen molar-refractivity contribution in [2.75, 3.05) is 0 Å². The van der Waals surface area contributed by atoms with E-state index in [-0.39, 0.29) is 0 Å². The molecule has 4 aromatic carbocycles. The molecule has 0 aliphatic heterocycles. The summed E-state index contributed by atoms with van der Waals surface area (Å²) in [4.78, 5) is 0. The van der Waals surface area contributed by atoms with E-state index in [0.29, 0.717) is 0 Å². The molecule has 0 saturated carbocycles. The molecule has 1 heteroatoms. The molecule has 0 spiro atoms. The van der Waals surface area contributed by atoms with Gasteiger partial charge in [-0.15, -0.1) is 0 Å². The molecule has 0 fully saturated rings. The highest BCUT2D eigenvalue weighted by Crippen LogP contribution is 2.34. The smallest absolute Gasteiger partial charge is 0.136 e. The second-order valence-electron chi connectivity index (χ2n) is 6.27. The monoisotopic (exact) mass is 308 g/mol. The Labute approximate surface area is 140 Å². The van der Waals surface area contributed by atoms with Crippen LogP contribution in [0.25, 0.3) is 43.8 Å². The first-order valence-electron chi connectivity index (χ1n) is 8.21. The van der Waals surface area contributed by atoms with E-state index >= 15 is 0 Å². The van der Waals surface area contributed by atoms with Gasteiger partial charge in [0.05, 0.1) is 0 Å². The van der Waals surface area contributed by atoms with Crippen LogP contribution in [0.15, 0.2) is 83.3 Å². The van der Waals surface area contributed by atoms with Crippen LogP contribution < -0.4 is 0 Å². The lowest BCUT2D eigenvalue weighted by Gasteiger charge is -2.09. The molecule has 0 bridgehead atoms. The first kappa shape index (κ1) is 13.4. The SMILES string of the molecule is Cc1c(-c2ccc3c(c2)oc2ccccc23)ccc2ccccc12. The van der Waals surface area contributed by atoms with Crippen molar-refractivity contribution in [1.82, 2.24) is 0 Å². The number of hydrogen-bond donors (Lipinski definition) is 0. The van der Waals surface area contributed by atoms with Crippen molar-refractivity contribution < 1.29 is 4.42 Å². The number of benzene rings is 4. The standard InChI is InChI=1S/C23H16O/c1-15-18-7-3-2-6-16(18)10-12-19(15)17-11-13-21-20-8-4-5-9-22(20)24-23(21)14-17/h2-14H,1H3. The molecule has 1 nitrogen and oxygen atoms in total. The van der Waals surface area contributed by atoms with E-state index in [0.717, 1.165) is 11.2 Å². The van der Waals surface area contributed by atoms with Gasteiger partial charge in [0.2, 0.25) is 0 Å². The predicted octanol–water partition coefficient (Wildman–Crippen LogP) is 6.71. The third-order valence-corrected chi connectivity index (χ3v) is 4.89. The molecule has 1 aromatic heterocycles. The Morgan fingerprint density at radius 1 is 0.625 bits per heavy atom. The summed E-state index contributed by atoms with van der Waals surface area (Å²) in [5.41, 5.74) is 5.66. The second-order valence-corrected chi connectivity index (χ2v) is 6.27. The van der Waals surface area contributed by atoms with Gasteiger partial charge in [0.25, 0.3) is 0 Å². The van der Waals surface area contributed by atoms with Gasteiger partial charge in [-0.25, -0.2) is 0 Å². The highest BCUT2D eigenvalue weighted by molar-refractivity contribution is 6.06. The molecule has 5 rings (SSSR count). The lowest BCUT2D eigenvalue weighted by molar-refractivity contribution is 0.669. The van der Waals surface area contributed by atoms with Gasteiger partial charge in [0, 0.05) is 10.8 Å². The van der Waals surface area contributed by atoms with E-state index in [1.165, 1.54) is 38.2 Å². The summed E-state index contributed by atoms with van der Waals surface area (Å²) in [7, 11) is 0. The van der Waals surface area contributed by atoms with Gasteiger partial charge < -0.3 is 4.42 Å². The van der Waals surface area contributed by atoms with Crippen LogP contribution in [0.4, 0.5) is 0 Å². The summed E-state index contributed by atoms with van der Waals surface area (Å²) < 4.78 is 6.04. The summed E-state index contributed by atoms with van der Waals surface area (Å²) in [6, 6.07) is 27.7. The topological polar surface area (TPSA) is 13.1 Å². The highest BCUT2D eigenvalue weighted by atomic mass is 16.3. The Balaban J connectivity index is 1.77. The van der Waals surface area contributed by atoms with Gasteiger partial charge in [-0.1, -0.05) is 60.7 Å². The molecule has 0 amide bonds. The first-order chi connectivity index (χ1) is 11.8. The maximum atomic E-state index is 6.04. The minimum atomic E-state index is 0.944. The second kappa shape index (κ2) is 4.97. The first-order valence-corrected chi connectivity index (χ1v) is 8.21. The molecule has 0 saturated heterocycles. The lowest BCUT2D eigenvalue weighted by atomic mass is 9.94. The summed E-state index contributed by atoms with van der Waals surface area (Å²) in [5.74, 6) is 0. The summed E-state index contributed by atoms with van der Waals surface area (Å²) in [6.45, 7) is 2.19. The number of rotatable bonds is 1. The third-order valence-electron chi connectivity index (χ3n) is 4.89. The summed E-state index contributed by atoms with van der Waals surface area (Å²) in [5, 5.41) is 4.94. The number of aryl methyl sites for hydroxylation is 1. The zero-order valence-corrected chi connectivity index (χ0v) is 13.4. The largest absolute Gasteiger partial charge is 0.456 e. The number of hydrogen-bond acceptors (Lipinski definition) is 1. The molecule has 0 aliphatic rings. The van der Waals surface area contributed by atoms with Crippen molar-refractivity contribution >= 4 is 32.7 Å². The van der Waals surface area contributed by atoms with Crippen LogP contribution in [0.2, 0.25) is 0 Å². The Hall–Kier alpha value is -3.06. The third kappa shape index (κ3) is 1.88. The molecular formula is C23H16O. The van der Waals surface area contributed by atoms with Gasteiger partial charge in [-0.05, 0) is 52.6 Å². The molecular weight excluding hydrogens is 292 g/mol. The van der Waals surface area contributed by atoms with E-state index in [2.05, 4.69) is 73.7 Å². The maximum Gasteiger partial charge on any atom is 0.136 e. The van der Waals surface area contributed by atoms with Gasteiger partial charge in [0.15, 0.2) is 0 Å². The molecule has 0 N–H and O–H groups in total. The van der Waals surface area contributed by atoms with E-state index in [4.69, 9.17) is 4.42 Å². The van der Waals surface area contributed by atoms with Gasteiger partial charge in [-0.2, -0.15) is 0 Å². The molecule has 0 atom stereocenters. The van der Waals surface area contributed by atoms with Crippen molar-refractivity contribution in [3.8, 4) is 11.1 Å². The van der Waals surface area contributed by atoms with Crippen molar-refractivity contribution in [3.05, 3.63) is 84.4 Å². The highest BCUT2D eigenvalue weighted by Gasteiger charge is 2.10. The van der Waals surface area contributed by atoms with E-state index in [1.54, 1.807) is 0 Å².